The van der Waals surface area contributed by atoms with Crippen molar-refractivity contribution in [1.29, 1.82) is 0 Å². The van der Waals surface area contributed by atoms with Crippen molar-refractivity contribution >= 4 is 24.8 Å². The number of nitrogens with zero attached hydrogens (tertiary/aromatic N) is 1. The number of nitrogens with one attached hydrogen (secondary N) is 2. The van der Waals surface area contributed by atoms with E-state index in [0.29, 0.717) is 12.2 Å². The van der Waals surface area contributed by atoms with E-state index in [-0.39, 0.29) is 23.8 Å². The van der Waals surface area contributed by atoms with Crippen LogP contribution in [0, 0.1) is 11.3 Å². The predicted molar refractivity (Wildman–Crippen MR) is 156 cm³/mol. The molecule has 7 nitrogen and oxygen atoms in total. The van der Waals surface area contributed by atoms with Gasteiger partial charge in [0, 0.05) is 6.20 Å². The number of hydrogen-bond donors (Lipinski definition) is 2. The lowest BCUT2D eigenvalue weighted by molar-refractivity contribution is -0.132. The molecule has 2 unspecified atom stereocenters. The summed E-state index contributed by atoms with van der Waals surface area (Å²) >= 11 is 0. The summed E-state index contributed by atoms with van der Waals surface area (Å²) in [5.41, 5.74) is 1.68. The molecule has 0 radical (unpaired) electrons. The van der Waals surface area contributed by atoms with Crippen LogP contribution in [0.2, 0.25) is 0 Å². The van der Waals surface area contributed by atoms with Gasteiger partial charge in [-0.05, 0) is 67.7 Å². The first kappa shape index (κ1) is 28.1. The maximum absolute atomic E-state index is 13.9. The van der Waals surface area contributed by atoms with Crippen LogP contribution in [-0.2, 0) is 31.7 Å². The standard InChI is InChI=1S/C32H38BN3O4/c1-31(2)18-17-26-32(3,22-31)40-33(39-26)27(21-24-14-8-5-9-15-24)35-29(37)25(20-23-12-6-4-7-13-23)30(38)36-28-16-10-11-19-34-28/h4-16,19,25-27H,17-18,20-22H2,1-3H3,(H,35,37)(H,34,36,38)/t25?,26-,27?,32+/m1/s1. The van der Waals surface area contributed by atoms with Gasteiger partial charge >= 0.3 is 7.12 Å². The van der Waals surface area contributed by atoms with Crippen molar-refractivity contribution in [2.24, 2.45) is 11.3 Å². The molecule has 1 saturated carbocycles. The second kappa shape index (κ2) is 11.9. The van der Waals surface area contributed by atoms with Crippen LogP contribution < -0.4 is 10.6 Å². The Morgan fingerprint density at radius 3 is 2.23 bits per heavy atom. The van der Waals surface area contributed by atoms with Crippen molar-refractivity contribution in [2.45, 2.75) is 70.5 Å². The van der Waals surface area contributed by atoms with E-state index in [1.807, 2.05) is 60.7 Å². The van der Waals surface area contributed by atoms with Gasteiger partial charge in [0.15, 0.2) is 0 Å². The summed E-state index contributed by atoms with van der Waals surface area (Å²) in [4.78, 5) is 31.6. The number of carbonyl (C=O) groups is 2. The van der Waals surface area contributed by atoms with Crippen LogP contribution in [0.15, 0.2) is 85.1 Å². The van der Waals surface area contributed by atoms with Crippen molar-refractivity contribution < 1.29 is 18.9 Å². The topological polar surface area (TPSA) is 89.5 Å². The van der Waals surface area contributed by atoms with Gasteiger partial charge < -0.3 is 19.9 Å². The van der Waals surface area contributed by atoms with E-state index >= 15 is 0 Å². The molecule has 2 N–H and O–H groups in total. The van der Waals surface area contributed by atoms with Gasteiger partial charge in [-0.2, -0.15) is 0 Å². The second-order valence-electron chi connectivity index (χ2n) is 12.1. The number of amides is 2. The van der Waals surface area contributed by atoms with Crippen LogP contribution in [0.1, 0.15) is 51.2 Å². The molecular formula is C32H38BN3O4. The second-order valence-corrected chi connectivity index (χ2v) is 12.1. The molecule has 2 aliphatic rings. The maximum Gasteiger partial charge on any atom is 0.482 e. The summed E-state index contributed by atoms with van der Waals surface area (Å²) in [6.07, 6.45) is 5.20. The van der Waals surface area contributed by atoms with Crippen molar-refractivity contribution in [3.05, 3.63) is 96.2 Å². The Hall–Kier alpha value is -3.49. The van der Waals surface area contributed by atoms with Gasteiger partial charge in [0.05, 0.1) is 17.6 Å². The molecule has 1 saturated heterocycles. The Kier molecular flexibility index (Phi) is 8.38. The fourth-order valence-electron chi connectivity index (χ4n) is 6.11. The molecule has 1 aromatic heterocycles. The molecule has 1 aliphatic carbocycles. The number of pyridine rings is 1. The summed E-state index contributed by atoms with van der Waals surface area (Å²) in [7, 11) is -0.621. The number of carbonyl (C=O) groups excluding carboxylic acids is 2. The van der Waals surface area contributed by atoms with Crippen LogP contribution in [0.25, 0.3) is 0 Å². The third-order valence-electron chi connectivity index (χ3n) is 8.06. The molecule has 3 aromatic rings. The third-order valence-corrected chi connectivity index (χ3v) is 8.06. The Morgan fingerprint density at radius 1 is 0.925 bits per heavy atom. The van der Waals surface area contributed by atoms with E-state index in [2.05, 4.69) is 36.4 Å². The summed E-state index contributed by atoms with van der Waals surface area (Å²) in [5, 5.41) is 5.99. The number of hydrogen-bond acceptors (Lipinski definition) is 5. The van der Waals surface area contributed by atoms with Gasteiger partial charge in [-0.1, -0.05) is 80.6 Å². The number of anilines is 1. The van der Waals surface area contributed by atoms with E-state index in [9.17, 15) is 9.59 Å². The number of benzene rings is 2. The average molecular weight is 539 g/mol. The summed E-state index contributed by atoms with van der Waals surface area (Å²) in [5.74, 6) is -1.82. The molecule has 0 spiro atoms. The SMILES string of the molecule is CC1(C)CC[C@H]2OB(C(Cc3ccccc3)NC(=O)C(Cc3ccccc3)C(=O)Nc3ccccn3)O[C@@]2(C)C1. The lowest BCUT2D eigenvalue weighted by atomic mass is 9.69. The number of rotatable bonds is 9. The van der Waals surface area contributed by atoms with E-state index in [4.69, 9.17) is 9.31 Å². The molecule has 2 aromatic carbocycles. The molecular weight excluding hydrogens is 501 g/mol. The van der Waals surface area contributed by atoms with Crippen molar-refractivity contribution in [1.82, 2.24) is 10.3 Å². The highest BCUT2D eigenvalue weighted by Crippen LogP contribution is 2.47. The maximum atomic E-state index is 13.9. The van der Waals surface area contributed by atoms with Gasteiger partial charge in [0.25, 0.3) is 0 Å². The Labute approximate surface area is 237 Å². The molecule has 8 heteroatoms. The zero-order valence-corrected chi connectivity index (χ0v) is 23.5. The Bertz CT molecular complexity index is 1290. The Morgan fingerprint density at radius 2 is 1.57 bits per heavy atom. The van der Waals surface area contributed by atoms with Crippen LogP contribution in [0.3, 0.4) is 0 Å². The van der Waals surface area contributed by atoms with E-state index in [1.54, 1.807) is 24.4 Å². The molecule has 208 valence electrons. The normalized spacial score (nSPS) is 23.1. The highest BCUT2D eigenvalue weighted by molar-refractivity contribution is 6.48. The molecule has 4 atom stereocenters. The fraction of sp³-hybridized carbons (Fsp3) is 0.406. The highest BCUT2D eigenvalue weighted by atomic mass is 16.7. The highest BCUT2D eigenvalue weighted by Gasteiger charge is 2.55. The molecule has 40 heavy (non-hydrogen) atoms. The first-order chi connectivity index (χ1) is 19.2. The van der Waals surface area contributed by atoms with Crippen molar-refractivity contribution in [3.8, 4) is 0 Å². The Balaban J connectivity index is 1.39. The van der Waals surface area contributed by atoms with E-state index < -0.39 is 30.5 Å². The fourth-order valence-corrected chi connectivity index (χ4v) is 6.11. The minimum absolute atomic E-state index is 0.0340. The van der Waals surface area contributed by atoms with Gasteiger partial charge in [0.2, 0.25) is 11.8 Å². The minimum Gasteiger partial charge on any atom is -0.404 e. The van der Waals surface area contributed by atoms with Gasteiger partial charge in [-0.3, -0.25) is 9.59 Å². The van der Waals surface area contributed by atoms with Gasteiger partial charge in [-0.15, -0.1) is 0 Å². The molecule has 1 aliphatic heterocycles. The lowest BCUT2D eigenvalue weighted by Gasteiger charge is -2.43. The van der Waals surface area contributed by atoms with E-state index in [1.165, 1.54) is 0 Å². The van der Waals surface area contributed by atoms with Crippen molar-refractivity contribution in [3.63, 3.8) is 0 Å². The van der Waals surface area contributed by atoms with Crippen molar-refractivity contribution in [2.75, 3.05) is 5.32 Å². The molecule has 5 rings (SSSR count). The van der Waals surface area contributed by atoms with Gasteiger partial charge in [-0.25, -0.2) is 4.98 Å². The number of fused-ring (bicyclic) bond motifs is 1. The summed E-state index contributed by atoms with van der Waals surface area (Å²) in [6.45, 7) is 6.66. The monoisotopic (exact) mass is 539 g/mol. The average Bonchev–Trinajstić information content (AvgIpc) is 3.28. The number of aromatic nitrogens is 1. The smallest absolute Gasteiger partial charge is 0.404 e. The van der Waals surface area contributed by atoms with E-state index in [0.717, 1.165) is 30.4 Å². The molecule has 2 heterocycles. The molecule has 2 amide bonds. The summed E-state index contributed by atoms with van der Waals surface area (Å²) in [6, 6.07) is 24.8. The third kappa shape index (κ3) is 6.80. The first-order valence-corrected chi connectivity index (χ1v) is 14.1. The quantitative estimate of drug-likeness (QED) is 0.295. The molecule has 2 fully saturated rings. The van der Waals surface area contributed by atoms with Crippen LogP contribution in [0.4, 0.5) is 5.82 Å². The zero-order chi connectivity index (χ0) is 28.2. The van der Waals surface area contributed by atoms with Crippen LogP contribution >= 0.6 is 0 Å². The van der Waals surface area contributed by atoms with Crippen LogP contribution in [-0.4, -0.2) is 41.6 Å². The van der Waals surface area contributed by atoms with Crippen LogP contribution in [0.5, 0.6) is 0 Å². The first-order valence-electron chi connectivity index (χ1n) is 14.1. The summed E-state index contributed by atoms with van der Waals surface area (Å²) < 4.78 is 13.1. The largest absolute Gasteiger partial charge is 0.482 e. The van der Waals surface area contributed by atoms with Gasteiger partial charge in [0.1, 0.15) is 11.7 Å². The lowest BCUT2D eigenvalue weighted by Crippen LogP contribution is -2.53. The predicted octanol–water partition coefficient (Wildman–Crippen LogP) is 5.02. The molecule has 0 bridgehead atoms. The minimum atomic E-state index is -0.971. The zero-order valence-electron chi connectivity index (χ0n) is 23.5.